The van der Waals surface area contributed by atoms with Gasteiger partial charge in [-0.05, 0) is 36.4 Å². The van der Waals surface area contributed by atoms with Gasteiger partial charge in [0.2, 0.25) is 11.8 Å². The first kappa shape index (κ1) is 19.6. The number of benzene rings is 2. The average Bonchev–Trinajstić information content (AvgIpc) is 2.70. The second-order valence-corrected chi connectivity index (χ2v) is 7.67. The lowest BCUT2D eigenvalue weighted by Gasteiger charge is -2.36. The lowest BCUT2D eigenvalue weighted by atomic mass is 10.2. The standard InChI is InChI=1S/C20H22ClN3O2S/c21-16-6-8-17(9-7-16)22-19(25)14-27-15-20(26)24-12-10-23(11-13-24)18-4-2-1-3-5-18/h1-9H,10-15H2,(H,22,25). The van der Waals surface area contributed by atoms with E-state index in [2.05, 4.69) is 22.3 Å². The zero-order valence-corrected chi connectivity index (χ0v) is 16.5. The van der Waals surface area contributed by atoms with Crippen LogP contribution in [0.3, 0.4) is 0 Å². The van der Waals surface area contributed by atoms with E-state index in [4.69, 9.17) is 11.6 Å². The van der Waals surface area contributed by atoms with Crippen molar-refractivity contribution in [3.8, 4) is 0 Å². The first-order chi connectivity index (χ1) is 13.1. The minimum absolute atomic E-state index is 0.0898. The van der Waals surface area contributed by atoms with Crippen LogP contribution >= 0.6 is 23.4 Å². The molecule has 2 aromatic carbocycles. The zero-order chi connectivity index (χ0) is 19.1. The molecule has 3 rings (SSSR count). The summed E-state index contributed by atoms with van der Waals surface area (Å²) in [7, 11) is 0. The maximum absolute atomic E-state index is 12.4. The van der Waals surface area contributed by atoms with Crippen LogP contribution in [0.2, 0.25) is 5.02 Å². The largest absolute Gasteiger partial charge is 0.368 e. The predicted molar refractivity (Wildman–Crippen MR) is 113 cm³/mol. The second-order valence-electron chi connectivity index (χ2n) is 6.25. The third-order valence-electron chi connectivity index (χ3n) is 4.34. The van der Waals surface area contributed by atoms with Crippen molar-refractivity contribution in [2.24, 2.45) is 0 Å². The third kappa shape index (κ3) is 5.91. The van der Waals surface area contributed by atoms with Crippen LogP contribution in [0.5, 0.6) is 0 Å². The summed E-state index contributed by atoms with van der Waals surface area (Å²) >= 11 is 7.16. The van der Waals surface area contributed by atoms with E-state index in [0.29, 0.717) is 29.6 Å². The van der Waals surface area contributed by atoms with E-state index in [1.807, 2.05) is 23.1 Å². The summed E-state index contributed by atoms with van der Waals surface area (Å²) in [6, 6.07) is 17.2. The molecule has 5 nitrogen and oxygen atoms in total. The lowest BCUT2D eigenvalue weighted by Crippen LogP contribution is -2.49. The van der Waals surface area contributed by atoms with E-state index in [9.17, 15) is 9.59 Å². The maximum atomic E-state index is 12.4. The smallest absolute Gasteiger partial charge is 0.234 e. The Kier molecular flexibility index (Phi) is 7.01. The number of halogens is 1. The van der Waals surface area contributed by atoms with E-state index < -0.39 is 0 Å². The van der Waals surface area contributed by atoms with Gasteiger partial charge in [0.05, 0.1) is 11.5 Å². The van der Waals surface area contributed by atoms with Crippen LogP contribution in [-0.2, 0) is 9.59 Å². The summed E-state index contributed by atoms with van der Waals surface area (Å²) in [5.41, 5.74) is 1.89. The number of rotatable bonds is 6. The number of carbonyl (C=O) groups excluding carboxylic acids is 2. The Labute approximate surface area is 168 Å². The normalized spacial score (nSPS) is 14.1. The van der Waals surface area contributed by atoms with Gasteiger partial charge in [0.25, 0.3) is 0 Å². The molecule has 7 heteroatoms. The lowest BCUT2D eigenvalue weighted by molar-refractivity contribution is -0.128. The number of carbonyl (C=O) groups is 2. The molecule has 2 aromatic rings. The number of nitrogens with zero attached hydrogens (tertiary/aromatic N) is 2. The van der Waals surface area contributed by atoms with Gasteiger partial charge in [-0.3, -0.25) is 9.59 Å². The Morgan fingerprint density at radius 3 is 2.26 bits per heavy atom. The average molecular weight is 404 g/mol. The molecule has 1 fully saturated rings. The number of piperazine rings is 1. The van der Waals surface area contributed by atoms with E-state index in [1.165, 1.54) is 17.4 Å². The van der Waals surface area contributed by atoms with E-state index in [0.717, 1.165) is 13.1 Å². The van der Waals surface area contributed by atoms with Crippen molar-refractivity contribution >= 4 is 46.6 Å². The highest BCUT2D eigenvalue weighted by Gasteiger charge is 2.21. The minimum atomic E-state index is -0.121. The molecule has 0 saturated carbocycles. The van der Waals surface area contributed by atoms with Crippen molar-refractivity contribution in [1.82, 2.24) is 4.90 Å². The first-order valence-electron chi connectivity index (χ1n) is 8.83. The second kappa shape index (κ2) is 9.67. The van der Waals surface area contributed by atoms with E-state index >= 15 is 0 Å². The Hall–Kier alpha value is -2.18. The summed E-state index contributed by atoms with van der Waals surface area (Å²) in [5, 5.41) is 3.42. The SMILES string of the molecule is O=C(CSCC(=O)N1CCN(c2ccccc2)CC1)Nc1ccc(Cl)cc1. The number of hydrogen-bond acceptors (Lipinski definition) is 4. The van der Waals surface area contributed by atoms with Crippen molar-refractivity contribution < 1.29 is 9.59 Å². The Morgan fingerprint density at radius 1 is 0.926 bits per heavy atom. The molecule has 1 saturated heterocycles. The molecule has 142 valence electrons. The van der Waals surface area contributed by atoms with Gasteiger partial charge in [-0.2, -0.15) is 0 Å². The fraction of sp³-hybridized carbons (Fsp3) is 0.300. The molecule has 0 aromatic heterocycles. The van der Waals surface area contributed by atoms with Gasteiger partial charge in [0, 0.05) is 42.6 Å². The molecule has 0 spiro atoms. The van der Waals surface area contributed by atoms with Crippen LogP contribution in [-0.4, -0.2) is 54.4 Å². The molecule has 1 aliphatic rings. The van der Waals surface area contributed by atoms with Gasteiger partial charge in [0.1, 0.15) is 0 Å². The molecule has 1 N–H and O–H groups in total. The molecule has 1 heterocycles. The highest BCUT2D eigenvalue weighted by Crippen LogP contribution is 2.17. The van der Waals surface area contributed by atoms with Gasteiger partial charge in [-0.15, -0.1) is 11.8 Å². The molecule has 0 aliphatic carbocycles. The topological polar surface area (TPSA) is 52.7 Å². The number of para-hydroxylation sites is 1. The van der Waals surface area contributed by atoms with Crippen LogP contribution in [0.1, 0.15) is 0 Å². The van der Waals surface area contributed by atoms with Crippen molar-refractivity contribution in [3.63, 3.8) is 0 Å². The highest BCUT2D eigenvalue weighted by molar-refractivity contribution is 8.00. The number of nitrogens with one attached hydrogen (secondary N) is 1. The summed E-state index contributed by atoms with van der Waals surface area (Å²) in [6.45, 7) is 3.09. The quantitative estimate of drug-likeness (QED) is 0.803. The predicted octanol–water partition coefficient (Wildman–Crippen LogP) is 3.36. The molecular weight excluding hydrogens is 382 g/mol. The number of hydrogen-bond donors (Lipinski definition) is 1. The third-order valence-corrected chi connectivity index (χ3v) is 5.51. The van der Waals surface area contributed by atoms with Gasteiger partial charge in [-0.25, -0.2) is 0 Å². The number of anilines is 2. The van der Waals surface area contributed by atoms with Crippen LogP contribution in [0, 0.1) is 0 Å². The number of thioether (sulfide) groups is 1. The van der Waals surface area contributed by atoms with Crippen molar-refractivity contribution in [3.05, 3.63) is 59.6 Å². The van der Waals surface area contributed by atoms with E-state index in [-0.39, 0.29) is 17.6 Å². The molecule has 27 heavy (non-hydrogen) atoms. The molecular formula is C20H22ClN3O2S. The molecule has 1 aliphatic heterocycles. The summed E-state index contributed by atoms with van der Waals surface area (Å²) in [6.07, 6.45) is 0. The molecule has 0 radical (unpaired) electrons. The molecule has 0 unspecified atom stereocenters. The zero-order valence-electron chi connectivity index (χ0n) is 14.9. The molecule has 2 amide bonds. The van der Waals surface area contributed by atoms with Crippen molar-refractivity contribution in [1.29, 1.82) is 0 Å². The fourth-order valence-corrected chi connectivity index (χ4v) is 3.75. The van der Waals surface area contributed by atoms with Crippen LogP contribution < -0.4 is 10.2 Å². The van der Waals surface area contributed by atoms with Gasteiger partial charge in [0.15, 0.2) is 0 Å². The Bertz CT molecular complexity index is 763. The fourth-order valence-electron chi connectivity index (χ4n) is 2.91. The minimum Gasteiger partial charge on any atom is -0.368 e. The molecule has 0 bridgehead atoms. The van der Waals surface area contributed by atoms with Crippen molar-refractivity contribution in [2.75, 3.05) is 47.9 Å². The highest BCUT2D eigenvalue weighted by atomic mass is 35.5. The van der Waals surface area contributed by atoms with Crippen LogP contribution in [0.15, 0.2) is 54.6 Å². The summed E-state index contributed by atoms with van der Waals surface area (Å²) in [4.78, 5) is 28.5. The number of amides is 2. The van der Waals surface area contributed by atoms with Gasteiger partial charge < -0.3 is 15.1 Å². The Balaban J connectivity index is 1.36. The Morgan fingerprint density at radius 2 is 1.59 bits per heavy atom. The summed E-state index contributed by atoms with van der Waals surface area (Å²) < 4.78 is 0. The summed E-state index contributed by atoms with van der Waals surface area (Å²) in [5.74, 6) is 0.536. The van der Waals surface area contributed by atoms with Gasteiger partial charge >= 0.3 is 0 Å². The van der Waals surface area contributed by atoms with Gasteiger partial charge in [-0.1, -0.05) is 29.8 Å². The monoisotopic (exact) mass is 403 g/mol. The first-order valence-corrected chi connectivity index (χ1v) is 10.4. The van der Waals surface area contributed by atoms with Crippen LogP contribution in [0.25, 0.3) is 0 Å². The van der Waals surface area contributed by atoms with E-state index in [1.54, 1.807) is 24.3 Å². The molecule has 0 atom stereocenters. The van der Waals surface area contributed by atoms with Crippen LogP contribution in [0.4, 0.5) is 11.4 Å². The maximum Gasteiger partial charge on any atom is 0.234 e. The van der Waals surface area contributed by atoms with Crippen molar-refractivity contribution in [2.45, 2.75) is 0 Å².